The van der Waals surface area contributed by atoms with Crippen LogP contribution in [0.1, 0.15) is 36.8 Å². The van der Waals surface area contributed by atoms with Crippen LogP contribution >= 0.6 is 0 Å². The van der Waals surface area contributed by atoms with Crippen LogP contribution in [0.4, 0.5) is 0 Å². The zero-order chi connectivity index (χ0) is 16.1. The lowest BCUT2D eigenvalue weighted by molar-refractivity contribution is -0.144. The summed E-state index contributed by atoms with van der Waals surface area (Å²) in [6.45, 7) is 3.88. The monoisotopic (exact) mass is 313 g/mol. The van der Waals surface area contributed by atoms with E-state index in [9.17, 15) is 4.79 Å². The molecule has 1 aromatic heterocycles. The Bertz CT molecular complexity index is 604. The number of piperidine rings is 1. The molecule has 2 aromatic rings. The topological polar surface area (TPSA) is 58.2 Å². The largest absolute Gasteiger partial charge is 0.364 e. The van der Waals surface area contributed by atoms with Crippen molar-refractivity contribution in [1.29, 1.82) is 0 Å². The van der Waals surface area contributed by atoms with Crippen molar-refractivity contribution < 1.29 is 9.53 Å². The second-order valence-corrected chi connectivity index (χ2v) is 6.07. The van der Waals surface area contributed by atoms with E-state index in [1.165, 1.54) is 5.56 Å². The first-order chi connectivity index (χ1) is 11.2. The SMILES string of the molecule is CC(OCc1ccccc1)C(=O)N1CCC(c2cn[nH]c2)CC1. The van der Waals surface area contributed by atoms with Crippen molar-refractivity contribution in [3.63, 3.8) is 0 Å². The number of hydrogen-bond donors (Lipinski definition) is 1. The fourth-order valence-electron chi connectivity index (χ4n) is 3.04. The van der Waals surface area contributed by atoms with Crippen LogP contribution in [0.15, 0.2) is 42.7 Å². The van der Waals surface area contributed by atoms with Crippen molar-refractivity contribution in [2.75, 3.05) is 13.1 Å². The van der Waals surface area contributed by atoms with Gasteiger partial charge in [-0.2, -0.15) is 5.10 Å². The Morgan fingerprint density at radius 3 is 2.74 bits per heavy atom. The number of aromatic nitrogens is 2. The van der Waals surface area contributed by atoms with E-state index >= 15 is 0 Å². The highest BCUT2D eigenvalue weighted by atomic mass is 16.5. The van der Waals surface area contributed by atoms with Gasteiger partial charge in [0, 0.05) is 19.3 Å². The van der Waals surface area contributed by atoms with Gasteiger partial charge >= 0.3 is 0 Å². The van der Waals surface area contributed by atoms with Gasteiger partial charge < -0.3 is 9.64 Å². The van der Waals surface area contributed by atoms with Crippen molar-refractivity contribution >= 4 is 5.91 Å². The molecule has 1 unspecified atom stereocenters. The Hall–Kier alpha value is -2.14. The highest BCUT2D eigenvalue weighted by Crippen LogP contribution is 2.27. The van der Waals surface area contributed by atoms with Crippen LogP contribution in [0.3, 0.4) is 0 Å². The Balaban J connectivity index is 1.47. The Morgan fingerprint density at radius 2 is 2.09 bits per heavy atom. The van der Waals surface area contributed by atoms with Crippen molar-refractivity contribution in [3.8, 4) is 0 Å². The average Bonchev–Trinajstić information content (AvgIpc) is 3.15. The van der Waals surface area contributed by atoms with Crippen LogP contribution in [0.25, 0.3) is 0 Å². The Labute approximate surface area is 136 Å². The predicted octanol–water partition coefficient (Wildman–Crippen LogP) is 2.72. The molecule has 122 valence electrons. The molecular weight excluding hydrogens is 290 g/mol. The van der Waals surface area contributed by atoms with Gasteiger partial charge in [0.05, 0.1) is 12.8 Å². The molecule has 1 atom stereocenters. The van der Waals surface area contributed by atoms with Crippen LogP contribution in [-0.4, -0.2) is 40.2 Å². The Kier molecular flexibility index (Phi) is 5.08. The number of amides is 1. The number of rotatable bonds is 5. The third-order valence-electron chi connectivity index (χ3n) is 4.49. The van der Waals surface area contributed by atoms with Crippen LogP contribution < -0.4 is 0 Å². The lowest BCUT2D eigenvalue weighted by Crippen LogP contribution is -2.43. The van der Waals surface area contributed by atoms with Crippen LogP contribution in [0, 0.1) is 0 Å². The molecule has 1 aliphatic heterocycles. The van der Waals surface area contributed by atoms with E-state index in [0.29, 0.717) is 12.5 Å². The highest BCUT2D eigenvalue weighted by Gasteiger charge is 2.27. The number of nitrogens with zero attached hydrogens (tertiary/aromatic N) is 2. The first kappa shape index (κ1) is 15.7. The van der Waals surface area contributed by atoms with Crippen LogP contribution in [0.2, 0.25) is 0 Å². The average molecular weight is 313 g/mol. The standard InChI is InChI=1S/C18H23N3O2/c1-14(23-13-15-5-3-2-4-6-15)18(22)21-9-7-16(8-10-21)17-11-19-20-12-17/h2-6,11-12,14,16H,7-10,13H2,1H3,(H,19,20). The number of carbonyl (C=O) groups excluding carboxylic acids is 1. The molecular formula is C18H23N3O2. The lowest BCUT2D eigenvalue weighted by atomic mass is 9.91. The number of nitrogens with one attached hydrogen (secondary N) is 1. The minimum absolute atomic E-state index is 0.0894. The molecule has 1 amide bonds. The second-order valence-electron chi connectivity index (χ2n) is 6.07. The summed E-state index contributed by atoms with van der Waals surface area (Å²) in [5.74, 6) is 0.588. The van der Waals surface area contributed by atoms with Crippen molar-refractivity contribution in [3.05, 3.63) is 53.9 Å². The molecule has 0 bridgehead atoms. The molecule has 1 N–H and O–H groups in total. The minimum Gasteiger partial charge on any atom is -0.364 e. The summed E-state index contributed by atoms with van der Waals surface area (Å²) in [6, 6.07) is 9.95. The fourth-order valence-corrected chi connectivity index (χ4v) is 3.04. The zero-order valence-electron chi connectivity index (χ0n) is 13.4. The van der Waals surface area contributed by atoms with Gasteiger partial charge in [-0.1, -0.05) is 30.3 Å². The van der Waals surface area contributed by atoms with Gasteiger partial charge in [0.1, 0.15) is 6.10 Å². The molecule has 5 heteroatoms. The molecule has 5 nitrogen and oxygen atoms in total. The number of likely N-dealkylation sites (tertiary alicyclic amines) is 1. The number of aromatic amines is 1. The van der Waals surface area contributed by atoms with E-state index in [4.69, 9.17) is 4.74 Å². The molecule has 1 aromatic carbocycles. The number of benzene rings is 1. The van der Waals surface area contributed by atoms with E-state index in [-0.39, 0.29) is 5.91 Å². The third kappa shape index (κ3) is 3.99. The van der Waals surface area contributed by atoms with E-state index in [1.54, 1.807) is 0 Å². The van der Waals surface area contributed by atoms with E-state index in [0.717, 1.165) is 31.5 Å². The molecule has 23 heavy (non-hydrogen) atoms. The molecule has 0 saturated carbocycles. The molecule has 0 spiro atoms. The maximum absolute atomic E-state index is 12.5. The maximum Gasteiger partial charge on any atom is 0.251 e. The number of H-pyrrole nitrogens is 1. The summed E-state index contributed by atoms with van der Waals surface area (Å²) in [5, 5.41) is 6.87. The number of ether oxygens (including phenoxy) is 1. The Morgan fingerprint density at radius 1 is 1.35 bits per heavy atom. The van der Waals surface area contributed by atoms with Gasteiger partial charge in [-0.15, -0.1) is 0 Å². The van der Waals surface area contributed by atoms with Gasteiger partial charge in [0.2, 0.25) is 0 Å². The van der Waals surface area contributed by atoms with Crippen LogP contribution in [-0.2, 0) is 16.1 Å². The van der Waals surface area contributed by atoms with Crippen molar-refractivity contribution in [1.82, 2.24) is 15.1 Å². The highest BCUT2D eigenvalue weighted by molar-refractivity contribution is 5.80. The molecule has 1 fully saturated rings. The third-order valence-corrected chi connectivity index (χ3v) is 4.49. The molecule has 2 heterocycles. The zero-order valence-corrected chi connectivity index (χ0v) is 13.4. The normalized spacial score (nSPS) is 17.2. The first-order valence-electron chi connectivity index (χ1n) is 8.17. The molecule has 0 radical (unpaired) electrons. The predicted molar refractivity (Wildman–Crippen MR) is 87.8 cm³/mol. The summed E-state index contributed by atoms with van der Waals surface area (Å²) < 4.78 is 5.74. The minimum atomic E-state index is -0.402. The molecule has 1 aliphatic rings. The number of carbonyl (C=O) groups is 1. The van der Waals surface area contributed by atoms with Gasteiger partial charge in [-0.25, -0.2) is 0 Å². The smallest absolute Gasteiger partial charge is 0.251 e. The first-order valence-corrected chi connectivity index (χ1v) is 8.17. The second kappa shape index (κ2) is 7.42. The van der Waals surface area contributed by atoms with E-state index in [1.807, 2.05) is 54.5 Å². The van der Waals surface area contributed by atoms with Gasteiger partial charge in [-0.05, 0) is 36.8 Å². The van der Waals surface area contributed by atoms with Crippen molar-refractivity contribution in [2.24, 2.45) is 0 Å². The summed E-state index contributed by atoms with van der Waals surface area (Å²) >= 11 is 0. The van der Waals surface area contributed by atoms with Crippen LogP contribution in [0.5, 0.6) is 0 Å². The quantitative estimate of drug-likeness (QED) is 0.923. The summed E-state index contributed by atoms with van der Waals surface area (Å²) in [7, 11) is 0. The lowest BCUT2D eigenvalue weighted by Gasteiger charge is -2.33. The van der Waals surface area contributed by atoms with E-state index in [2.05, 4.69) is 10.2 Å². The van der Waals surface area contributed by atoms with Gasteiger partial charge in [-0.3, -0.25) is 9.89 Å². The fraction of sp³-hybridized carbons (Fsp3) is 0.444. The van der Waals surface area contributed by atoms with E-state index < -0.39 is 6.10 Å². The molecule has 1 saturated heterocycles. The number of hydrogen-bond acceptors (Lipinski definition) is 3. The van der Waals surface area contributed by atoms with Gasteiger partial charge in [0.15, 0.2) is 0 Å². The summed E-state index contributed by atoms with van der Waals surface area (Å²) in [5.41, 5.74) is 2.33. The molecule has 0 aliphatic carbocycles. The summed E-state index contributed by atoms with van der Waals surface area (Å²) in [4.78, 5) is 14.4. The maximum atomic E-state index is 12.5. The molecule has 3 rings (SSSR count). The van der Waals surface area contributed by atoms with Crippen molar-refractivity contribution in [2.45, 2.75) is 38.4 Å². The summed E-state index contributed by atoms with van der Waals surface area (Å²) in [6.07, 6.45) is 5.40. The van der Waals surface area contributed by atoms with Gasteiger partial charge in [0.25, 0.3) is 5.91 Å².